The zero-order valence-corrected chi connectivity index (χ0v) is 13.0. The van der Waals surface area contributed by atoms with Crippen LogP contribution in [0.25, 0.3) is 0 Å². The molecule has 1 unspecified atom stereocenters. The highest BCUT2D eigenvalue weighted by Gasteiger charge is 2.16. The van der Waals surface area contributed by atoms with E-state index in [4.69, 9.17) is 10.5 Å². The minimum atomic E-state index is -0.551. The number of ether oxygens (including phenoxy) is 1. The van der Waals surface area contributed by atoms with Crippen LogP contribution in [0.1, 0.15) is 22.8 Å². The van der Waals surface area contributed by atoms with Gasteiger partial charge in [-0.05, 0) is 30.7 Å². The number of hydrogen-bond acceptors (Lipinski definition) is 4. The molecule has 0 saturated carbocycles. The molecule has 0 saturated heterocycles. The summed E-state index contributed by atoms with van der Waals surface area (Å²) in [5.74, 6) is 0.165. The monoisotopic (exact) mass is 315 g/mol. The molecule has 0 aliphatic heterocycles. The van der Waals surface area contributed by atoms with E-state index in [1.807, 2.05) is 30.3 Å². The Labute approximate surface area is 133 Å². The predicted molar refractivity (Wildman–Crippen MR) is 87.8 cm³/mol. The van der Waals surface area contributed by atoms with Crippen LogP contribution in [-0.2, 0) is 10.5 Å². The van der Waals surface area contributed by atoms with Crippen molar-refractivity contribution in [3.05, 3.63) is 65.7 Å². The average molecular weight is 315 g/mol. The fraction of sp³-hybridized carbons (Fsp3) is 0.176. The molecule has 0 heterocycles. The molecule has 0 bridgehead atoms. The lowest BCUT2D eigenvalue weighted by Gasteiger charge is -2.11. The summed E-state index contributed by atoms with van der Waals surface area (Å²) < 4.78 is 5.29. The van der Waals surface area contributed by atoms with Gasteiger partial charge in [-0.15, -0.1) is 11.8 Å². The van der Waals surface area contributed by atoms with Crippen molar-refractivity contribution >= 4 is 23.6 Å². The van der Waals surface area contributed by atoms with Gasteiger partial charge in [0.1, 0.15) is 11.0 Å². The summed E-state index contributed by atoms with van der Waals surface area (Å²) in [5.41, 5.74) is 6.67. The van der Waals surface area contributed by atoms with Crippen LogP contribution in [0.5, 0.6) is 5.75 Å². The van der Waals surface area contributed by atoms with Crippen LogP contribution < -0.4 is 10.5 Å². The van der Waals surface area contributed by atoms with Gasteiger partial charge in [0.2, 0.25) is 5.91 Å². The molecule has 0 fully saturated rings. The quantitative estimate of drug-likeness (QED) is 0.657. The second-order valence-electron chi connectivity index (χ2n) is 4.75. The maximum Gasteiger partial charge on any atom is 0.324 e. The van der Waals surface area contributed by atoms with Crippen LogP contribution >= 0.6 is 11.8 Å². The van der Waals surface area contributed by atoms with Gasteiger partial charge in [-0.2, -0.15) is 0 Å². The molecular weight excluding hydrogens is 298 g/mol. The van der Waals surface area contributed by atoms with Crippen molar-refractivity contribution in [2.75, 3.05) is 0 Å². The Balaban J connectivity index is 1.91. The summed E-state index contributed by atoms with van der Waals surface area (Å²) >= 11 is 1.50. The SMILES string of the molecule is CC(SCc1ccccc1)C(=O)Oc1cccc(C(N)=O)c1. The second-order valence-corrected chi connectivity index (χ2v) is 6.08. The normalized spacial score (nSPS) is 11.7. The standard InChI is InChI=1S/C17H17NO3S/c1-12(22-11-13-6-3-2-4-7-13)17(20)21-15-9-5-8-14(10-15)16(18)19/h2-10,12H,11H2,1H3,(H2,18,19). The fourth-order valence-corrected chi connectivity index (χ4v) is 2.59. The molecule has 2 rings (SSSR count). The van der Waals surface area contributed by atoms with Gasteiger partial charge in [0.25, 0.3) is 0 Å². The molecule has 0 aliphatic carbocycles. The van der Waals surface area contributed by atoms with Crippen LogP contribution in [0.2, 0.25) is 0 Å². The smallest absolute Gasteiger partial charge is 0.324 e. The number of nitrogens with two attached hydrogens (primary N) is 1. The van der Waals surface area contributed by atoms with Crippen LogP contribution in [0, 0.1) is 0 Å². The Morgan fingerprint density at radius 3 is 2.55 bits per heavy atom. The van der Waals surface area contributed by atoms with E-state index in [9.17, 15) is 9.59 Å². The highest BCUT2D eigenvalue weighted by molar-refractivity contribution is 7.99. The topological polar surface area (TPSA) is 69.4 Å². The molecule has 1 amide bonds. The molecule has 0 aliphatic rings. The first-order valence-corrected chi connectivity index (χ1v) is 7.88. The molecule has 4 nitrogen and oxygen atoms in total. The number of carbonyl (C=O) groups excluding carboxylic acids is 2. The highest BCUT2D eigenvalue weighted by Crippen LogP contribution is 2.20. The van der Waals surface area contributed by atoms with Crippen LogP contribution in [-0.4, -0.2) is 17.1 Å². The summed E-state index contributed by atoms with van der Waals surface area (Å²) in [7, 11) is 0. The van der Waals surface area contributed by atoms with Gasteiger partial charge >= 0.3 is 5.97 Å². The van der Waals surface area contributed by atoms with E-state index in [-0.39, 0.29) is 11.2 Å². The summed E-state index contributed by atoms with van der Waals surface area (Å²) in [6, 6.07) is 16.2. The number of amides is 1. The van der Waals surface area contributed by atoms with Crippen molar-refractivity contribution in [2.24, 2.45) is 5.73 Å². The number of thioether (sulfide) groups is 1. The minimum absolute atomic E-state index is 0.308. The molecule has 22 heavy (non-hydrogen) atoms. The Morgan fingerprint density at radius 2 is 1.86 bits per heavy atom. The molecule has 2 N–H and O–H groups in total. The lowest BCUT2D eigenvalue weighted by Crippen LogP contribution is -2.20. The third-order valence-corrected chi connectivity index (χ3v) is 4.20. The molecule has 5 heteroatoms. The number of carbonyl (C=O) groups is 2. The van der Waals surface area contributed by atoms with Crippen molar-refractivity contribution < 1.29 is 14.3 Å². The van der Waals surface area contributed by atoms with Crippen molar-refractivity contribution in [3.8, 4) is 5.75 Å². The van der Waals surface area contributed by atoms with E-state index < -0.39 is 5.91 Å². The lowest BCUT2D eigenvalue weighted by atomic mass is 10.2. The van der Waals surface area contributed by atoms with Crippen LogP contribution in [0.4, 0.5) is 0 Å². The third-order valence-electron chi connectivity index (χ3n) is 3.01. The first kappa shape index (κ1) is 16.1. The Kier molecular flexibility index (Phi) is 5.61. The Morgan fingerprint density at radius 1 is 1.14 bits per heavy atom. The maximum absolute atomic E-state index is 12.1. The van der Waals surface area contributed by atoms with E-state index in [2.05, 4.69) is 0 Å². The van der Waals surface area contributed by atoms with E-state index in [0.29, 0.717) is 11.3 Å². The summed E-state index contributed by atoms with van der Waals surface area (Å²) in [6.45, 7) is 1.80. The van der Waals surface area contributed by atoms with E-state index in [1.165, 1.54) is 17.8 Å². The van der Waals surface area contributed by atoms with Gasteiger partial charge in [-0.25, -0.2) is 0 Å². The molecule has 1 atom stereocenters. The number of esters is 1. The zero-order chi connectivity index (χ0) is 15.9. The average Bonchev–Trinajstić information content (AvgIpc) is 2.53. The summed E-state index contributed by atoms with van der Waals surface area (Å²) in [5, 5.41) is -0.308. The lowest BCUT2D eigenvalue weighted by molar-refractivity contribution is -0.133. The zero-order valence-electron chi connectivity index (χ0n) is 12.2. The predicted octanol–water partition coefficient (Wildman–Crippen LogP) is 3.01. The van der Waals surface area contributed by atoms with E-state index in [0.717, 1.165) is 11.3 Å². The van der Waals surface area contributed by atoms with Crippen molar-refractivity contribution in [3.63, 3.8) is 0 Å². The number of primary amides is 1. The van der Waals surface area contributed by atoms with Crippen molar-refractivity contribution in [2.45, 2.75) is 17.9 Å². The molecule has 2 aromatic rings. The van der Waals surface area contributed by atoms with Crippen molar-refractivity contribution in [1.29, 1.82) is 0 Å². The molecular formula is C17H17NO3S. The summed E-state index contributed by atoms with van der Waals surface area (Å²) in [4.78, 5) is 23.2. The molecule has 0 aromatic heterocycles. The molecule has 0 radical (unpaired) electrons. The molecule has 114 valence electrons. The Bertz CT molecular complexity index is 658. The first-order valence-electron chi connectivity index (χ1n) is 6.83. The number of hydrogen-bond donors (Lipinski definition) is 1. The minimum Gasteiger partial charge on any atom is -0.426 e. The first-order chi connectivity index (χ1) is 10.6. The molecule has 2 aromatic carbocycles. The maximum atomic E-state index is 12.1. The van der Waals surface area contributed by atoms with Crippen molar-refractivity contribution in [1.82, 2.24) is 0 Å². The third kappa shape index (κ3) is 4.63. The van der Waals surface area contributed by atoms with Gasteiger partial charge < -0.3 is 10.5 Å². The van der Waals surface area contributed by atoms with Gasteiger partial charge in [0.05, 0.1) is 0 Å². The number of benzene rings is 2. The van der Waals surface area contributed by atoms with Crippen LogP contribution in [0.15, 0.2) is 54.6 Å². The molecule has 0 spiro atoms. The van der Waals surface area contributed by atoms with E-state index in [1.54, 1.807) is 25.1 Å². The number of rotatable bonds is 6. The highest BCUT2D eigenvalue weighted by atomic mass is 32.2. The van der Waals surface area contributed by atoms with Gasteiger partial charge in [0.15, 0.2) is 0 Å². The van der Waals surface area contributed by atoms with Gasteiger partial charge in [0, 0.05) is 11.3 Å². The fourth-order valence-electron chi connectivity index (χ4n) is 1.78. The van der Waals surface area contributed by atoms with Gasteiger partial charge in [-0.3, -0.25) is 9.59 Å². The second kappa shape index (κ2) is 7.66. The van der Waals surface area contributed by atoms with Gasteiger partial charge in [-0.1, -0.05) is 36.4 Å². The van der Waals surface area contributed by atoms with Crippen LogP contribution in [0.3, 0.4) is 0 Å². The van der Waals surface area contributed by atoms with E-state index >= 15 is 0 Å². The largest absolute Gasteiger partial charge is 0.426 e. The summed E-state index contributed by atoms with van der Waals surface area (Å²) in [6.07, 6.45) is 0. The Hall–Kier alpha value is -2.27.